The van der Waals surface area contributed by atoms with Crippen LogP contribution in [0.1, 0.15) is 10.4 Å². The van der Waals surface area contributed by atoms with E-state index in [9.17, 15) is 18.0 Å². The first-order valence-corrected chi connectivity index (χ1v) is 7.51. The maximum atomic E-state index is 12.4. The SMILES string of the molecule is N=C1C=C(S(=O)(=O)c2ccc(C(=O)O)cc2)C=CC1C(=O)O. The van der Waals surface area contributed by atoms with Gasteiger partial charge in [0.1, 0.15) is 5.92 Å². The van der Waals surface area contributed by atoms with Gasteiger partial charge in [0.15, 0.2) is 0 Å². The third-order valence-corrected chi connectivity index (χ3v) is 4.84. The molecule has 0 saturated carbocycles. The quantitative estimate of drug-likeness (QED) is 0.766. The zero-order valence-electron chi connectivity index (χ0n) is 11.1. The predicted molar refractivity (Wildman–Crippen MR) is 76.7 cm³/mol. The molecule has 114 valence electrons. The van der Waals surface area contributed by atoms with Crippen molar-refractivity contribution in [3.8, 4) is 0 Å². The molecular weight excluding hydrogens is 310 g/mol. The van der Waals surface area contributed by atoms with Crippen LogP contribution < -0.4 is 0 Å². The van der Waals surface area contributed by atoms with Crippen molar-refractivity contribution in [3.05, 3.63) is 53.0 Å². The summed E-state index contributed by atoms with van der Waals surface area (Å²) in [5.41, 5.74) is -0.387. The third kappa shape index (κ3) is 2.82. The lowest BCUT2D eigenvalue weighted by Crippen LogP contribution is -2.23. The number of rotatable bonds is 4. The van der Waals surface area contributed by atoms with Crippen molar-refractivity contribution in [1.82, 2.24) is 0 Å². The van der Waals surface area contributed by atoms with Crippen LogP contribution in [0.5, 0.6) is 0 Å². The van der Waals surface area contributed by atoms with Crippen LogP contribution in [0.2, 0.25) is 0 Å². The van der Waals surface area contributed by atoms with Crippen LogP contribution in [0.3, 0.4) is 0 Å². The molecule has 0 saturated heterocycles. The summed E-state index contributed by atoms with van der Waals surface area (Å²) in [7, 11) is -3.94. The second kappa shape index (κ2) is 5.57. The van der Waals surface area contributed by atoms with E-state index in [4.69, 9.17) is 15.6 Å². The van der Waals surface area contributed by atoms with Crippen LogP contribution >= 0.6 is 0 Å². The van der Waals surface area contributed by atoms with E-state index in [0.717, 1.165) is 42.5 Å². The molecule has 0 heterocycles. The summed E-state index contributed by atoms with van der Waals surface area (Å²) in [6.45, 7) is 0. The van der Waals surface area contributed by atoms with Gasteiger partial charge in [-0.1, -0.05) is 6.08 Å². The van der Waals surface area contributed by atoms with Gasteiger partial charge in [0.2, 0.25) is 9.84 Å². The highest BCUT2D eigenvalue weighted by atomic mass is 32.2. The van der Waals surface area contributed by atoms with Crippen molar-refractivity contribution in [2.24, 2.45) is 5.92 Å². The fourth-order valence-electron chi connectivity index (χ4n) is 1.88. The van der Waals surface area contributed by atoms with Crippen LogP contribution in [-0.2, 0) is 14.6 Å². The summed E-state index contributed by atoms with van der Waals surface area (Å²) in [5, 5.41) is 25.2. The number of benzene rings is 1. The Morgan fingerprint density at radius 1 is 1.09 bits per heavy atom. The average molecular weight is 321 g/mol. The first-order valence-electron chi connectivity index (χ1n) is 6.03. The molecule has 3 N–H and O–H groups in total. The number of hydrogen-bond donors (Lipinski definition) is 3. The molecule has 1 unspecified atom stereocenters. The fraction of sp³-hybridized carbons (Fsp3) is 0.0714. The maximum absolute atomic E-state index is 12.4. The van der Waals surface area contributed by atoms with E-state index in [1.807, 2.05) is 0 Å². The molecule has 0 bridgehead atoms. The topological polar surface area (TPSA) is 133 Å². The largest absolute Gasteiger partial charge is 0.481 e. The molecule has 1 aromatic rings. The third-order valence-electron chi connectivity index (χ3n) is 3.07. The van der Waals surface area contributed by atoms with Gasteiger partial charge < -0.3 is 15.6 Å². The zero-order valence-corrected chi connectivity index (χ0v) is 11.9. The average Bonchev–Trinajstić information content (AvgIpc) is 2.46. The molecule has 2 rings (SSSR count). The molecule has 0 fully saturated rings. The molecule has 0 spiro atoms. The van der Waals surface area contributed by atoms with Crippen LogP contribution in [0.4, 0.5) is 0 Å². The number of carbonyl (C=O) groups is 2. The number of nitrogens with one attached hydrogen (secondary N) is 1. The molecular formula is C14H11NO6S. The first kappa shape index (κ1) is 15.6. The number of hydrogen-bond acceptors (Lipinski definition) is 5. The summed E-state index contributed by atoms with van der Waals surface area (Å²) in [6.07, 6.45) is 3.25. The van der Waals surface area contributed by atoms with Crippen molar-refractivity contribution < 1.29 is 28.2 Å². The minimum atomic E-state index is -3.94. The molecule has 1 aromatic carbocycles. The van der Waals surface area contributed by atoms with Gasteiger partial charge in [-0.2, -0.15) is 0 Å². The Morgan fingerprint density at radius 2 is 1.68 bits per heavy atom. The molecule has 0 amide bonds. The van der Waals surface area contributed by atoms with Gasteiger partial charge in [-0.25, -0.2) is 13.2 Å². The van der Waals surface area contributed by atoms with Crippen molar-refractivity contribution in [1.29, 1.82) is 5.41 Å². The van der Waals surface area contributed by atoms with Crippen LogP contribution in [-0.4, -0.2) is 36.3 Å². The molecule has 8 heteroatoms. The lowest BCUT2D eigenvalue weighted by molar-refractivity contribution is -0.138. The van der Waals surface area contributed by atoms with Crippen LogP contribution in [0.15, 0.2) is 52.3 Å². The van der Waals surface area contributed by atoms with Crippen molar-refractivity contribution >= 4 is 27.5 Å². The van der Waals surface area contributed by atoms with Gasteiger partial charge in [0.05, 0.1) is 21.1 Å². The molecule has 22 heavy (non-hydrogen) atoms. The van der Waals surface area contributed by atoms with Gasteiger partial charge in [-0.15, -0.1) is 0 Å². The summed E-state index contributed by atoms with van der Waals surface area (Å²) >= 11 is 0. The monoisotopic (exact) mass is 321 g/mol. The minimum absolute atomic E-state index is 0.0502. The maximum Gasteiger partial charge on any atom is 0.335 e. The molecule has 7 nitrogen and oxygen atoms in total. The van der Waals surface area contributed by atoms with E-state index in [2.05, 4.69) is 0 Å². The number of carboxylic acids is 2. The second-order valence-corrected chi connectivity index (χ2v) is 6.46. The standard InChI is InChI=1S/C14H11NO6S/c15-12-7-10(5-6-11(12)14(18)19)22(20,21)9-3-1-8(2-4-9)13(16)17/h1-7,11,15H,(H,16,17)(H,18,19). The van der Waals surface area contributed by atoms with Gasteiger partial charge in [-0.05, 0) is 36.4 Å². The summed E-state index contributed by atoms with van der Waals surface area (Å²) in [6, 6.07) is 4.63. The number of aliphatic carboxylic acids is 1. The molecule has 0 radical (unpaired) electrons. The molecule has 1 aliphatic rings. The Morgan fingerprint density at radius 3 is 2.14 bits per heavy atom. The molecule has 1 aliphatic carbocycles. The Balaban J connectivity index is 2.38. The zero-order chi connectivity index (χ0) is 16.5. The van der Waals surface area contributed by atoms with Gasteiger partial charge >= 0.3 is 11.9 Å². The lowest BCUT2D eigenvalue weighted by Gasteiger charge is -2.14. The molecule has 1 atom stereocenters. The summed E-state index contributed by atoms with van der Waals surface area (Å²) in [5.74, 6) is -3.58. The molecule has 0 aromatic heterocycles. The smallest absolute Gasteiger partial charge is 0.335 e. The van der Waals surface area contributed by atoms with Gasteiger partial charge in [0.25, 0.3) is 0 Å². The van der Waals surface area contributed by atoms with Crippen molar-refractivity contribution in [2.75, 3.05) is 0 Å². The normalized spacial score (nSPS) is 17.9. The predicted octanol–water partition coefficient (Wildman–Crippen LogP) is 1.33. The Kier molecular flexibility index (Phi) is 3.96. The highest BCUT2D eigenvalue weighted by Gasteiger charge is 2.27. The number of allylic oxidation sites excluding steroid dienone is 2. The van der Waals surface area contributed by atoms with E-state index in [-0.39, 0.29) is 21.1 Å². The van der Waals surface area contributed by atoms with E-state index >= 15 is 0 Å². The number of sulfone groups is 1. The Labute approximate surface area is 125 Å². The van der Waals surface area contributed by atoms with E-state index in [1.54, 1.807) is 0 Å². The summed E-state index contributed by atoms with van der Waals surface area (Å²) < 4.78 is 24.8. The van der Waals surface area contributed by atoms with Crippen molar-refractivity contribution in [3.63, 3.8) is 0 Å². The Hall–Kier alpha value is -2.74. The van der Waals surface area contributed by atoms with E-state index in [0.29, 0.717) is 0 Å². The highest BCUT2D eigenvalue weighted by molar-refractivity contribution is 7.95. The number of carboxylic acid groups (broad SMARTS) is 2. The van der Waals surface area contributed by atoms with Crippen LogP contribution in [0.25, 0.3) is 0 Å². The minimum Gasteiger partial charge on any atom is -0.481 e. The highest BCUT2D eigenvalue weighted by Crippen LogP contribution is 2.25. The second-order valence-electron chi connectivity index (χ2n) is 4.51. The number of aromatic carboxylic acids is 1. The lowest BCUT2D eigenvalue weighted by atomic mass is 9.99. The van der Waals surface area contributed by atoms with Crippen molar-refractivity contribution in [2.45, 2.75) is 4.90 Å². The first-order chi connectivity index (χ1) is 10.2. The Bertz CT molecular complexity index is 817. The van der Waals surface area contributed by atoms with Crippen LogP contribution in [0, 0.1) is 11.3 Å². The van der Waals surface area contributed by atoms with Gasteiger partial charge in [-0.3, -0.25) is 4.79 Å². The van der Waals surface area contributed by atoms with Gasteiger partial charge in [0, 0.05) is 0 Å². The fourth-order valence-corrected chi connectivity index (χ4v) is 3.19. The summed E-state index contributed by atoms with van der Waals surface area (Å²) in [4.78, 5) is 21.3. The molecule has 0 aliphatic heterocycles. The van der Waals surface area contributed by atoms with E-state index < -0.39 is 27.7 Å². The van der Waals surface area contributed by atoms with E-state index in [1.165, 1.54) is 0 Å².